The summed E-state index contributed by atoms with van der Waals surface area (Å²) < 4.78 is 1.73. The van der Waals surface area contributed by atoms with Gasteiger partial charge in [-0.3, -0.25) is 0 Å². The van der Waals surface area contributed by atoms with Crippen molar-refractivity contribution in [3.8, 4) is 0 Å². The van der Waals surface area contributed by atoms with Crippen LogP contribution in [0.1, 0.15) is 5.69 Å². The standard InChI is InChI=1S/C13H12N2O2/c1-15-9-5-8-11(15)12(13(16)17)14-10-6-3-2-4-7-10/h2-9H,1H3,(H,16,17)/b14-12-. The van der Waals surface area contributed by atoms with Crippen molar-refractivity contribution in [3.63, 3.8) is 0 Å². The molecule has 0 saturated heterocycles. The van der Waals surface area contributed by atoms with E-state index in [1.54, 1.807) is 42.1 Å². The molecule has 0 aliphatic heterocycles. The smallest absolute Gasteiger partial charge is 0.356 e. The Balaban J connectivity index is 2.48. The monoisotopic (exact) mass is 228 g/mol. The zero-order valence-electron chi connectivity index (χ0n) is 9.37. The Morgan fingerprint density at radius 3 is 2.41 bits per heavy atom. The van der Waals surface area contributed by atoms with Gasteiger partial charge in [0, 0.05) is 13.2 Å². The molecular weight excluding hydrogens is 216 g/mol. The van der Waals surface area contributed by atoms with Crippen molar-refractivity contribution >= 4 is 17.4 Å². The molecule has 0 aliphatic carbocycles. The molecule has 1 aromatic heterocycles. The molecule has 0 amide bonds. The lowest BCUT2D eigenvalue weighted by Gasteiger charge is -2.03. The van der Waals surface area contributed by atoms with Crippen molar-refractivity contribution in [3.05, 3.63) is 54.4 Å². The highest BCUT2D eigenvalue weighted by molar-refractivity contribution is 6.42. The fraction of sp³-hybridized carbons (Fsp3) is 0.0769. The van der Waals surface area contributed by atoms with Gasteiger partial charge in [-0.1, -0.05) is 18.2 Å². The van der Waals surface area contributed by atoms with Crippen LogP contribution >= 0.6 is 0 Å². The number of rotatable bonds is 3. The minimum atomic E-state index is -1.03. The van der Waals surface area contributed by atoms with Gasteiger partial charge in [-0.15, -0.1) is 0 Å². The van der Waals surface area contributed by atoms with Crippen molar-refractivity contribution in [2.24, 2.45) is 12.0 Å². The van der Waals surface area contributed by atoms with Crippen LogP contribution < -0.4 is 0 Å². The fourth-order valence-corrected chi connectivity index (χ4v) is 1.55. The zero-order valence-corrected chi connectivity index (χ0v) is 9.37. The second-order valence-electron chi connectivity index (χ2n) is 3.61. The van der Waals surface area contributed by atoms with Crippen LogP contribution in [0.15, 0.2) is 53.7 Å². The van der Waals surface area contributed by atoms with Gasteiger partial charge < -0.3 is 9.67 Å². The molecule has 1 heterocycles. The number of hydrogen-bond acceptors (Lipinski definition) is 2. The van der Waals surface area contributed by atoms with Crippen LogP contribution in [-0.2, 0) is 11.8 Å². The molecule has 0 spiro atoms. The van der Waals surface area contributed by atoms with Crippen molar-refractivity contribution in [2.75, 3.05) is 0 Å². The van der Waals surface area contributed by atoms with Crippen molar-refractivity contribution in [2.45, 2.75) is 0 Å². The highest BCUT2D eigenvalue weighted by Crippen LogP contribution is 2.13. The number of carboxylic acid groups (broad SMARTS) is 1. The van der Waals surface area contributed by atoms with E-state index < -0.39 is 5.97 Å². The van der Waals surface area contributed by atoms with E-state index in [-0.39, 0.29) is 5.71 Å². The number of hydrogen-bond donors (Lipinski definition) is 1. The molecule has 17 heavy (non-hydrogen) atoms. The van der Waals surface area contributed by atoms with Crippen LogP contribution in [0.25, 0.3) is 0 Å². The topological polar surface area (TPSA) is 54.6 Å². The SMILES string of the molecule is Cn1cccc1/C(=N/c1ccccc1)C(=O)O. The maximum absolute atomic E-state index is 11.2. The van der Waals surface area contributed by atoms with Gasteiger partial charge >= 0.3 is 5.97 Å². The molecule has 0 radical (unpaired) electrons. The Labute approximate surface area is 98.9 Å². The average molecular weight is 228 g/mol. The van der Waals surface area contributed by atoms with Crippen LogP contribution in [0.4, 0.5) is 5.69 Å². The summed E-state index contributed by atoms with van der Waals surface area (Å²) in [5, 5.41) is 9.19. The van der Waals surface area contributed by atoms with Crippen molar-refractivity contribution in [1.82, 2.24) is 4.57 Å². The number of aryl methyl sites for hydroxylation is 1. The first-order valence-corrected chi connectivity index (χ1v) is 5.17. The molecule has 0 atom stereocenters. The van der Waals surface area contributed by atoms with Crippen molar-refractivity contribution in [1.29, 1.82) is 0 Å². The van der Waals surface area contributed by atoms with E-state index in [2.05, 4.69) is 4.99 Å². The van der Waals surface area contributed by atoms with Gasteiger partial charge in [0.25, 0.3) is 0 Å². The summed E-state index contributed by atoms with van der Waals surface area (Å²) in [5.41, 5.74) is 1.26. The second-order valence-corrected chi connectivity index (χ2v) is 3.61. The lowest BCUT2D eigenvalue weighted by Crippen LogP contribution is -2.17. The molecule has 0 unspecified atom stereocenters. The largest absolute Gasteiger partial charge is 0.476 e. The van der Waals surface area contributed by atoms with Gasteiger partial charge in [-0.2, -0.15) is 0 Å². The Morgan fingerprint density at radius 1 is 1.18 bits per heavy atom. The van der Waals surface area contributed by atoms with Crippen LogP contribution in [0.3, 0.4) is 0 Å². The van der Waals surface area contributed by atoms with E-state index in [1.165, 1.54) is 0 Å². The van der Waals surface area contributed by atoms with E-state index >= 15 is 0 Å². The average Bonchev–Trinajstić information content (AvgIpc) is 2.73. The van der Waals surface area contributed by atoms with Gasteiger partial charge in [0.2, 0.25) is 0 Å². The summed E-state index contributed by atoms with van der Waals surface area (Å²) in [6.45, 7) is 0. The number of aliphatic carboxylic acids is 1. The normalized spacial score (nSPS) is 11.5. The Hall–Kier alpha value is -2.36. The molecule has 1 N–H and O–H groups in total. The number of benzene rings is 1. The van der Waals surface area contributed by atoms with Crippen LogP contribution in [0.2, 0.25) is 0 Å². The van der Waals surface area contributed by atoms with E-state index in [0.29, 0.717) is 11.4 Å². The molecule has 0 saturated carbocycles. The molecule has 2 aromatic rings. The number of carbonyl (C=O) groups is 1. The summed E-state index contributed by atoms with van der Waals surface area (Å²) in [7, 11) is 1.79. The van der Waals surface area contributed by atoms with Crippen LogP contribution in [-0.4, -0.2) is 21.4 Å². The van der Waals surface area contributed by atoms with Crippen LogP contribution in [0, 0.1) is 0 Å². The van der Waals surface area contributed by atoms with Gasteiger partial charge in [0.15, 0.2) is 5.71 Å². The molecule has 4 heteroatoms. The fourth-order valence-electron chi connectivity index (χ4n) is 1.55. The first-order chi connectivity index (χ1) is 8.18. The predicted molar refractivity (Wildman–Crippen MR) is 65.7 cm³/mol. The van der Waals surface area contributed by atoms with Gasteiger partial charge in [0.1, 0.15) is 0 Å². The molecule has 86 valence electrons. The first-order valence-electron chi connectivity index (χ1n) is 5.17. The Morgan fingerprint density at radius 2 is 1.88 bits per heavy atom. The van der Waals surface area contributed by atoms with E-state index in [1.807, 2.05) is 18.2 Å². The summed E-state index contributed by atoms with van der Waals surface area (Å²) in [6, 6.07) is 12.6. The summed E-state index contributed by atoms with van der Waals surface area (Å²) >= 11 is 0. The lowest BCUT2D eigenvalue weighted by molar-refractivity contribution is -0.129. The van der Waals surface area contributed by atoms with Crippen molar-refractivity contribution < 1.29 is 9.90 Å². The first kappa shape index (κ1) is 11.1. The molecule has 0 aliphatic rings. The third-order valence-electron chi connectivity index (χ3n) is 2.39. The van der Waals surface area contributed by atoms with E-state index in [4.69, 9.17) is 0 Å². The molecule has 0 bridgehead atoms. The molecular formula is C13H12N2O2. The highest BCUT2D eigenvalue weighted by Gasteiger charge is 2.15. The number of para-hydroxylation sites is 1. The van der Waals surface area contributed by atoms with E-state index in [9.17, 15) is 9.90 Å². The minimum Gasteiger partial charge on any atom is -0.476 e. The Kier molecular flexibility index (Phi) is 3.05. The Bertz CT molecular complexity index is 556. The summed E-state index contributed by atoms with van der Waals surface area (Å²) in [4.78, 5) is 15.4. The minimum absolute atomic E-state index is 0.0451. The quantitative estimate of drug-likeness (QED) is 0.819. The van der Waals surface area contributed by atoms with Gasteiger partial charge in [0.05, 0.1) is 11.4 Å². The second kappa shape index (κ2) is 4.65. The maximum atomic E-state index is 11.2. The van der Waals surface area contributed by atoms with Gasteiger partial charge in [-0.05, 0) is 24.3 Å². The number of aliphatic imine (C=N–C) groups is 1. The lowest BCUT2D eigenvalue weighted by atomic mass is 10.2. The molecule has 2 rings (SSSR count). The third kappa shape index (κ3) is 2.42. The summed E-state index contributed by atoms with van der Waals surface area (Å²) in [6.07, 6.45) is 1.79. The van der Waals surface area contributed by atoms with Gasteiger partial charge in [-0.25, -0.2) is 9.79 Å². The van der Waals surface area contributed by atoms with E-state index in [0.717, 1.165) is 0 Å². The van der Waals surface area contributed by atoms with Crippen LogP contribution in [0.5, 0.6) is 0 Å². The number of carboxylic acids is 1. The zero-order chi connectivity index (χ0) is 12.3. The highest BCUT2D eigenvalue weighted by atomic mass is 16.4. The number of nitrogens with zero attached hydrogens (tertiary/aromatic N) is 2. The maximum Gasteiger partial charge on any atom is 0.356 e. The molecule has 4 nitrogen and oxygen atoms in total. The molecule has 1 aromatic carbocycles. The third-order valence-corrected chi connectivity index (χ3v) is 2.39. The number of aromatic nitrogens is 1. The molecule has 0 fully saturated rings. The predicted octanol–water partition coefficient (Wildman–Crippen LogP) is 2.23. The summed E-state index contributed by atoms with van der Waals surface area (Å²) in [5.74, 6) is -1.03.